The first kappa shape index (κ1) is 14.6. The molecule has 1 N–H and O–H groups in total. The number of para-hydroxylation sites is 1. The maximum Gasteiger partial charge on any atom is 0.0731 e. The van der Waals surface area contributed by atoms with Crippen LogP contribution in [-0.2, 0) is 13.5 Å². The lowest BCUT2D eigenvalue weighted by Gasteiger charge is -2.45. The predicted molar refractivity (Wildman–Crippen MR) is 86.2 cm³/mol. The first-order chi connectivity index (χ1) is 9.81. The van der Waals surface area contributed by atoms with Crippen LogP contribution in [0, 0.1) is 11.3 Å². The minimum atomic E-state index is -0.618. The van der Waals surface area contributed by atoms with Gasteiger partial charge in [-0.3, -0.25) is 4.68 Å². The van der Waals surface area contributed by atoms with Gasteiger partial charge in [-0.2, -0.15) is 5.10 Å². The van der Waals surface area contributed by atoms with Gasteiger partial charge in [-0.15, -0.1) is 0 Å². The Morgan fingerprint density at radius 3 is 2.71 bits per heavy atom. The SMILES string of the molecule is CC1CC(C)(C)CCC1(O)Cc1nn(C)c2ccccc12. The summed E-state index contributed by atoms with van der Waals surface area (Å²) in [4.78, 5) is 0. The van der Waals surface area contributed by atoms with Gasteiger partial charge in [0.2, 0.25) is 0 Å². The molecule has 3 nitrogen and oxygen atoms in total. The molecule has 0 aliphatic heterocycles. The fraction of sp³-hybridized carbons (Fsp3) is 0.611. The topological polar surface area (TPSA) is 38.1 Å². The average molecular weight is 286 g/mol. The van der Waals surface area contributed by atoms with Gasteiger partial charge in [-0.25, -0.2) is 0 Å². The molecule has 3 rings (SSSR count). The van der Waals surface area contributed by atoms with Crippen molar-refractivity contribution in [2.24, 2.45) is 18.4 Å². The van der Waals surface area contributed by atoms with Crippen molar-refractivity contribution in [1.82, 2.24) is 9.78 Å². The summed E-state index contributed by atoms with van der Waals surface area (Å²) in [6.07, 6.45) is 3.69. The van der Waals surface area contributed by atoms with Crippen molar-refractivity contribution in [3.05, 3.63) is 30.0 Å². The Balaban J connectivity index is 1.91. The van der Waals surface area contributed by atoms with Crippen molar-refractivity contribution in [2.75, 3.05) is 0 Å². The van der Waals surface area contributed by atoms with E-state index in [1.807, 2.05) is 23.9 Å². The van der Waals surface area contributed by atoms with Crippen LogP contribution >= 0.6 is 0 Å². The third-order valence-corrected chi connectivity index (χ3v) is 5.32. The first-order valence-corrected chi connectivity index (χ1v) is 7.94. The molecule has 3 heteroatoms. The van der Waals surface area contributed by atoms with Crippen LogP contribution in [0.5, 0.6) is 0 Å². The molecule has 1 fully saturated rings. The molecule has 2 aromatic rings. The first-order valence-electron chi connectivity index (χ1n) is 7.94. The van der Waals surface area contributed by atoms with Gasteiger partial charge in [0.15, 0.2) is 0 Å². The second kappa shape index (κ2) is 4.84. The molecular formula is C18H26N2O. The maximum atomic E-state index is 11.1. The van der Waals surface area contributed by atoms with Crippen molar-refractivity contribution in [1.29, 1.82) is 0 Å². The van der Waals surface area contributed by atoms with Gasteiger partial charge in [0.05, 0.1) is 16.8 Å². The lowest BCUT2D eigenvalue weighted by molar-refractivity contribution is -0.0708. The van der Waals surface area contributed by atoms with Crippen LogP contribution in [0.3, 0.4) is 0 Å². The van der Waals surface area contributed by atoms with Crippen LogP contribution < -0.4 is 0 Å². The highest BCUT2D eigenvalue weighted by atomic mass is 16.3. The standard InChI is InChI=1S/C18H26N2O/c1-13-11-17(2,3)9-10-18(13,21)12-15-14-7-5-6-8-16(14)20(4)19-15/h5-8,13,21H,9-12H2,1-4H3. The minimum absolute atomic E-state index is 0.307. The summed E-state index contributed by atoms with van der Waals surface area (Å²) >= 11 is 0. The fourth-order valence-corrected chi connectivity index (χ4v) is 3.89. The van der Waals surface area contributed by atoms with Gasteiger partial charge in [-0.05, 0) is 36.7 Å². The van der Waals surface area contributed by atoms with Crippen LogP contribution in [0.25, 0.3) is 10.9 Å². The number of hydrogen-bond acceptors (Lipinski definition) is 2. The smallest absolute Gasteiger partial charge is 0.0731 e. The molecule has 0 amide bonds. The largest absolute Gasteiger partial charge is 0.389 e. The van der Waals surface area contributed by atoms with Crippen molar-refractivity contribution >= 4 is 10.9 Å². The Bertz CT molecular complexity index is 658. The van der Waals surface area contributed by atoms with Crippen LogP contribution in [0.4, 0.5) is 0 Å². The van der Waals surface area contributed by atoms with Gasteiger partial charge >= 0.3 is 0 Å². The van der Waals surface area contributed by atoms with Gasteiger partial charge in [0, 0.05) is 18.9 Å². The molecule has 0 bridgehead atoms. The third-order valence-electron chi connectivity index (χ3n) is 5.32. The van der Waals surface area contributed by atoms with E-state index in [0.717, 1.165) is 30.5 Å². The number of aliphatic hydroxyl groups is 1. The number of fused-ring (bicyclic) bond motifs is 1. The molecule has 1 saturated carbocycles. The summed E-state index contributed by atoms with van der Waals surface area (Å²) in [5.74, 6) is 0.307. The van der Waals surface area contributed by atoms with E-state index in [-0.39, 0.29) is 0 Å². The Labute approximate surface area is 127 Å². The molecule has 1 aromatic carbocycles. The molecule has 0 radical (unpaired) electrons. The Morgan fingerprint density at radius 1 is 1.29 bits per heavy atom. The fourth-order valence-electron chi connectivity index (χ4n) is 3.89. The average Bonchev–Trinajstić information content (AvgIpc) is 2.72. The number of hydrogen-bond donors (Lipinski definition) is 1. The maximum absolute atomic E-state index is 11.1. The molecule has 114 valence electrons. The quantitative estimate of drug-likeness (QED) is 0.914. The molecule has 1 aromatic heterocycles. The normalized spacial score (nSPS) is 28.9. The highest BCUT2D eigenvalue weighted by Gasteiger charge is 2.43. The number of aromatic nitrogens is 2. The molecule has 0 spiro atoms. The van der Waals surface area contributed by atoms with Crippen molar-refractivity contribution in [2.45, 2.75) is 52.1 Å². The minimum Gasteiger partial charge on any atom is -0.389 e. The number of aryl methyl sites for hydroxylation is 1. The molecule has 1 aliphatic rings. The third kappa shape index (κ3) is 2.59. The van der Waals surface area contributed by atoms with E-state index in [1.54, 1.807) is 0 Å². The van der Waals surface area contributed by atoms with Crippen LogP contribution in [0.2, 0.25) is 0 Å². The number of benzene rings is 1. The van der Waals surface area contributed by atoms with E-state index < -0.39 is 5.60 Å². The summed E-state index contributed by atoms with van der Waals surface area (Å²) in [5.41, 5.74) is 1.90. The van der Waals surface area contributed by atoms with E-state index in [9.17, 15) is 5.11 Å². The highest BCUT2D eigenvalue weighted by Crippen LogP contribution is 2.45. The lowest BCUT2D eigenvalue weighted by atomic mass is 9.64. The monoisotopic (exact) mass is 286 g/mol. The van der Waals surface area contributed by atoms with Gasteiger partial charge in [0.25, 0.3) is 0 Å². The molecule has 2 atom stereocenters. The summed E-state index contributed by atoms with van der Waals surface area (Å²) in [7, 11) is 1.98. The van der Waals surface area contributed by atoms with Gasteiger partial charge in [-0.1, -0.05) is 39.0 Å². The van der Waals surface area contributed by atoms with Crippen LogP contribution in [-0.4, -0.2) is 20.5 Å². The van der Waals surface area contributed by atoms with E-state index in [0.29, 0.717) is 17.8 Å². The van der Waals surface area contributed by atoms with Crippen LogP contribution in [0.15, 0.2) is 24.3 Å². The van der Waals surface area contributed by atoms with Gasteiger partial charge in [0.1, 0.15) is 0 Å². The predicted octanol–water partition coefficient (Wildman–Crippen LogP) is 3.69. The summed E-state index contributed by atoms with van der Waals surface area (Å²) < 4.78 is 1.92. The second-order valence-corrected chi connectivity index (χ2v) is 7.64. The Kier molecular flexibility index (Phi) is 3.36. The van der Waals surface area contributed by atoms with Gasteiger partial charge < -0.3 is 5.11 Å². The summed E-state index contributed by atoms with van der Waals surface area (Å²) in [5, 5.41) is 17.0. The second-order valence-electron chi connectivity index (χ2n) is 7.64. The summed E-state index contributed by atoms with van der Waals surface area (Å²) in [6.45, 7) is 6.80. The lowest BCUT2D eigenvalue weighted by Crippen LogP contribution is -2.45. The summed E-state index contributed by atoms with van der Waals surface area (Å²) in [6, 6.07) is 8.28. The number of nitrogens with zero attached hydrogens (tertiary/aromatic N) is 2. The Morgan fingerprint density at radius 2 is 2.00 bits per heavy atom. The molecule has 1 heterocycles. The Hall–Kier alpha value is -1.35. The van der Waals surface area contributed by atoms with E-state index in [2.05, 4.69) is 38.0 Å². The zero-order valence-electron chi connectivity index (χ0n) is 13.6. The molecule has 0 saturated heterocycles. The zero-order chi connectivity index (χ0) is 15.3. The molecular weight excluding hydrogens is 260 g/mol. The van der Waals surface area contributed by atoms with Crippen molar-refractivity contribution in [3.8, 4) is 0 Å². The number of rotatable bonds is 2. The zero-order valence-corrected chi connectivity index (χ0v) is 13.6. The molecule has 2 unspecified atom stereocenters. The van der Waals surface area contributed by atoms with E-state index in [4.69, 9.17) is 0 Å². The van der Waals surface area contributed by atoms with Crippen molar-refractivity contribution in [3.63, 3.8) is 0 Å². The van der Waals surface area contributed by atoms with Crippen LogP contribution in [0.1, 0.15) is 45.7 Å². The van der Waals surface area contributed by atoms with E-state index >= 15 is 0 Å². The molecule has 1 aliphatic carbocycles. The van der Waals surface area contributed by atoms with Crippen molar-refractivity contribution < 1.29 is 5.11 Å². The van der Waals surface area contributed by atoms with E-state index in [1.165, 1.54) is 5.39 Å². The molecule has 21 heavy (non-hydrogen) atoms. The highest BCUT2D eigenvalue weighted by molar-refractivity contribution is 5.81.